The number of hydrogen-bond acceptors (Lipinski definition) is 5. The highest BCUT2D eigenvalue weighted by Crippen LogP contribution is 2.25. The van der Waals surface area contributed by atoms with E-state index in [0.717, 1.165) is 34.2 Å². The molecule has 1 amide bonds. The van der Waals surface area contributed by atoms with E-state index in [2.05, 4.69) is 10.6 Å². The van der Waals surface area contributed by atoms with Crippen molar-refractivity contribution >= 4 is 12.1 Å². The fraction of sp³-hybridized carbons (Fsp3) is 0.429. The largest absolute Gasteiger partial charge is 0.380 e. The Bertz CT molecular complexity index is 1070. The van der Waals surface area contributed by atoms with E-state index in [1.165, 1.54) is 12.3 Å². The van der Waals surface area contributed by atoms with Gasteiger partial charge in [-0.3, -0.25) is 4.79 Å². The van der Waals surface area contributed by atoms with Gasteiger partial charge < -0.3 is 25.5 Å². The van der Waals surface area contributed by atoms with E-state index in [9.17, 15) is 4.79 Å². The van der Waals surface area contributed by atoms with Gasteiger partial charge >= 0.3 is 0 Å². The third-order valence-electron chi connectivity index (χ3n) is 6.58. The molecule has 2 aromatic rings. The van der Waals surface area contributed by atoms with Crippen LogP contribution in [0.1, 0.15) is 43.4 Å². The number of aryl methyl sites for hydroxylation is 1. The molecule has 2 unspecified atom stereocenters. The number of ether oxygens (including phenoxy) is 2. The Morgan fingerprint density at radius 2 is 2.00 bits per heavy atom. The zero-order valence-corrected chi connectivity index (χ0v) is 21.0. The number of benzene rings is 2. The van der Waals surface area contributed by atoms with Crippen LogP contribution in [0, 0.1) is 18.2 Å². The average molecular weight is 482 g/mol. The van der Waals surface area contributed by atoms with Crippen molar-refractivity contribution in [2.45, 2.75) is 52.2 Å². The standard InChI is InChI=1S/C28H36FN3O3/c1-5-18(2)26(32-28(33)27-17-31-16-24(34-4)10-11-35-27)14-22-8-6-21(13-25(22)29)20-7-9-23(15-30)19(3)12-20/h6-9,12-13,15,24,27,30-31H,5,10-11,14,16-17H2,1-4H3,(H,32,33). The van der Waals surface area contributed by atoms with E-state index in [1.807, 2.05) is 45.0 Å². The monoisotopic (exact) mass is 481 g/mol. The van der Waals surface area contributed by atoms with Crippen LogP contribution in [-0.2, 0) is 20.7 Å². The molecule has 35 heavy (non-hydrogen) atoms. The Morgan fingerprint density at radius 1 is 1.26 bits per heavy atom. The van der Waals surface area contributed by atoms with Crippen LogP contribution in [-0.4, -0.2) is 51.1 Å². The van der Waals surface area contributed by atoms with Gasteiger partial charge in [-0.2, -0.15) is 0 Å². The summed E-state index contributed by atoms with van der Waals surface area (Å²) in [5, 5.41) is 13.7. The van der Waals surface area contributed by atoms with Crippen molar-refractivity contribution in [3.63, 3.8) is 0 Å². The van der Waals surface area contributed by atoms with E-state index in [1.54, 1.807) is 13.2 Å². The van der Waals surface area contributed by atoms with E-state index >= 15 is 4.39 Å². The first-order valence-corrected chi connectivity index (χ1v) is 12.1. The summed E-state index contributed by atoms with van der Waals surface area (Å²) in [5.41, 5.74) is 5.71. The van der Waals surface area contributed by atoms with Gasteiger partial charge in [0, 0.05) is 38.5 Å². The van der Waals surface area contributed by atoms with Crippen LogP contribution < -0.4 is 10.6 Å². The van der Waals surface area contributed by atoms with Gasteiger partial charge in [-0.1, -0.05) is 42.8 Å². The van der Waals surface area contributed by atoms with E-state index in [4.69, 9.17) is 14.9 Å². The van der Waals surface area contributed by atoms with Crippen molar-refractivity contribution in [3.8, 4) is 11.1 Å². The van der Waals surface area contributed by atoms with Gasteiger partial charge in [0.2, 0.25) is 0 Å². The normalized spacial score (nSPS) is 19.3. The lowest BCUT2D eigenvalue weighted by Gasteiger charge is -2.25. The van der Waals surface area contributed by atoms with Crippen molar-refractivity contribution in [1.82, 2.24) is 10.6 Å². The van der Waals surface area contributed by atoms with Crippen LogP contribution in [0.3, 0.4) is 0 Å². The van der Waals surface area contributed by atoms with E-state index in [0.29, 0.717) is 37.4 Å². The van der Waals surface area contributed by atoms with Crippen molar-refractivity contribution in [2.75, 3.05) is 26.8 Å². The Kier molecular flexibility index (Phi) is 9.72. The average Bonchev–Trinajstić information content (AvgIpc) is 2.84. The van der Waals surface area contributed by atoms with Crippen LogP contribution in [0.4, 0.5) is 4.39 Å². The lowest BCUT2D eigenvalue weighted by molar-refractivity contribution is -0.133. The Labute approximate surface area is 207 Å². The molecule has 6 nitrogen and oxygen atoms in total. The summed E-state index contributed by atoms with van der Waals surface area (Å²) in [5.74, 6) is -0.545. The Morgan fingerprint density at radius 3 is 2.66 bits per heavy atom. The van der Waals surface area contributed by atoms with Crippen molar-refractivity contribution in [2.24, 2.45) is 0 Å². The molecule has 1 fully saturated rings. The SMILES string of the molecule is CCC(C)=C(Cc1ccc(-c2ccc(C=N)c(C)c2)cc1F)NC(=O)C1CNCC(OC)CCO1. The highest BCUT2D eigenvalue weighted by molar-refractivity contribution is 5.83. The topological polar surface area (TPSA) is 83.4 Å². The molecule has 1 aliphatic heterocycles. The van der Waals surface area contributed by atoms with Gasteiger partial charge in [-0.15, -0.1) is 0 Å². The molecule has 2 aromatic carbocycles. The predicted octanol–water partition coefficient (Wildman–Crippen LogP) is 4.53. The molecule has 1 aliphatic rings. The molecule has 1 saturated heterocycles. The maximum absolute atomic E-state index is 15.2. The number of nitrogens with one attached hydrogen (secondary N) is 3. The highest BCUT2D eigenvalue weighted by Gasteiger charge is 2.24. The maximum Gasteiger partial charge on any atom is 0.254 e. The third-order valence-corrected chi connectivity index (χ3v) is 6.58. The first-order chi connectivity index (χ1) is 16.9. The smallest absolute Gasteiger partial charge is 0.254 e. The molecule has 0 radical (unpaired) electrons. The quantitative estimate of drug-likeness (QED) is 0.484. The van der Waals surface area contributed by atoms with Crippen molar-refractivity contribution < 1.29 is 18.7 Å². The number of carbonyl (C=O) groups is 1. The van der Waals surface area contributed by atoms with E-state index < -0.39 is 6.10 Å². The number of halogens is 1. The minimum Gasteiger partial charge on any atom is -0.380 e. The molecule has 0 bridgehead atoms. The number of allylic oxidation sites excluding steroid dienone is 2. The summed E-state index contributed by atoms with van der Waals surface area (Å²) in [6.07, 6.45) is 2.51. The number of rotatable bonds is 8. The minimum atomic E-state index is -0.619. The maximum atomic E-state index is 15.2. The highest BCUT2D eigenvalue weighted by atomic mass is 19.1. The minimum absolute atomic E-state index is 0.0700. The van der Waals surface area contributed by atoms with Gasteiger partial charge in [0.05, 0.1) is 12.7 Å². The summed E-state index contributed by atoms with van der Waals surface area (Å²) < 4.78 is 26.3. The zero-order valence-electron chi connectivity index (χ0n) is 21.0. The van der Waals surface area contributed by atoms with Gasteiger partial charge in [0.15, 0.2) is 0 Å². The molecule has 0 aliphatic carbocycles. The number of amides is 1. The molecular weight excluding hydrogens is 445 g/mol. The van der Waals surface area contributed by atoms with Crippen LogP contribution in [0.15, 0.2) is 47.7 Å². The molecule has 0 aromatic heterocycles. The summed E-state index contributed by atoms with van der Waals surface area (Å²) >= 11 is 0. The molecule has 0 saturated carbocycles. The summed E-state index contributed by atoms with van der Waals surface area (Å²) in [6.45, 7) is 7.41. The molecule has 188 valence electrons. The second kappa shape index (κ2) is 12.7. The summed E-state index contributed by atoms with van der Waals surface area (Å²) in [4.78, 5) is 13.0. The van der Waals surface area contributed by atoms with Gasteiger partial charge in [0.25, 0.3) is 5.91 Å². The molecular formula is C28H36FN3O3. The first-order valence-electron chi connectivity index (χ1n) is 12.1. The molecule has 2 atom stereocenters. The first kappa shape index (κ1) is 26.7. The predicted molar refractivity (Wildman–Crippen MR) is 137 cm³/mol. The van der Waals surface area contributed by atoms with Crippen LogP contribution in [0.5, 0.6) is 0 Å². The second-order valence-corrected chi connectivity index (χ2v) is 8.96. The Hall–Kier alpha value is -2.87. The van der Waals surface area contributed by atoms with Crippen molar-refractivity contribution in [1.29, 1.82) is 5.41 Å². The van der Waals surface area contributed by atoms with Crippen LogP contribution in [0.2, 0.25) is 0 Å². The zero-order chi connectivity index (χ0) is 25.4. The van der Waals surface area contributed by atoms with E-state index in [-0.39, 0.29) is 24.2 Å². The lowest BCUT2D eigenvalue weighted by atomic mass is 9.97. The summed E-state index contributed by atoms with van der Waals surface area (Å²) in [6, 6.07) is 10.9. The van der Waals surface area contributed by atoms with Gasteiger partial charge in [-0.25, -0.2) is 4.39 Å². The molecule has 3 N–H and O–H groups in total. The number of methoxy groups -OCH3 is 1. The second-order valence-electron chi connectivity index (χ2n) is 8.96. The fourth-order valence-corrected chi connectivity index (χ4v) is 4.07. The third kappa shape index (κ3) is 7.07. The molecule has 3 rings (SSSR count). The van der Waals surface area contributed by atoms with Crippen LogP contribution in [0.25, 0.3) is 11.1 Å². The molecule has 7 heteroatoms. The number of hydrogen-bond donors (Lipinski definition) is 3. The summed E-state index contributed by atoms with van der Waals surface area (Å²) in [7, 11) is 1.67. The number of carbonyl (C=O) groups excluding carboxylic acids is 1. The lowest BCUT2D eigenvalue weighted by Crippen LogP contribution is -2.47. The molecule has 0 spiro atoms. The van der Waals surface area contributed by atoms with Gasteiger partial charge in [-0.05, 0) is 60.6 Å². The van der Waals surface area contributed by atoms with Crippen LogP contribution >= 0.6 is 0 Å². The Balaban J connectivity index is 1.73. The molecule has 1 heterocycles. The van der Waals surface area contributed by atoms with Crippen molar-refractivity contribution in [3.05, 3.63) is 70.2 Å². The van der Waals surface area contributed by atoms with Gasteiger partial charge in [0.1, 0.15) is 11.9 Å². The fourth-order valence-electron chi connectivity index (χ4n) is 4.07.